The van der Waals surface area contributed by atoms with Crippen LogP contribution >= 0.6 is 0 Å². The molecule has 156 valence electrons. The number of hydrogen-bond donors (Lipinski definition) is 1. The van der Waals surface area contributed by atoms with Crippen molar-refractivity contribution in [2.24, 2.45) is 5.92 Å². The quantitative estimate of drug-likeness (QED) is 0.846. The fraction of sp³-hybridized carbons (Fsp3) is 0.542. The second-order valence-electron chi connectivity index (χ2n) is 8.83. The fourth-order valence-corrected chi connectivity index (χ4v) is 4.67. The van der Waals surface area contributed by atoms with Crippen molar-refractivity contribution in [2.45, 2.75) is 25.8 Å². The molecular weight excluding hydrogens is 360 g/mol. The van der Waals surface area contributed by atoms with Crippen molar-refractivity contribution in [3.63, 3.8) is 0 Å². The van der Waals surface area contributed by atoms with Gasteiger partial charge in [0.25, 0.3) is 0 Å². The van der Waals surface area contributed by atoms with Gasteiger partial charge in [0, 0.05) is 45.0 Å². The van der Waals surface area contributed by atoms with E-state index in [2.05, 4.69) is 58.3 Å². The van der Waals surface area contributed by atoms with Gasteiger partial charge in [0.2, 0.25) is 5.91 Å². The first-order chi connectivity index (χ1) is 14.1. The van der Waals surface area contributed by atoms with E-state index in [0.29, 0.717) is 5.92 Å². The van der Waals surface area contributed by atoms with Crippen LogP contribution in [-0.4, -0.2) is 79.5 Å². The largest absolute Gasteiger partial charge is 0.325 e. The molecule has 0 unspecified atom stereocenters. The Hall–Kier alpha value is -1.95. The summed E-state index contributed by atoms with van der Waals surface area (Å²) in [5, 5.41) is 5.49. The number of rotatable bonds is 5. The highest BCUT2D eigenvalue weighted by atomic mass is 16.2. The van der Waals surface area contributed by atoms with Gasteiger partial charge >= 0.3 is 0 Å². The van der Waals surface area contributed by atoms with E-state index >= 15 is 0 Å². The second-order valence-corrected chi connectivity index (χ2v) is 8.83. The summed E-state index contributed by atoms with van der Waals surface area (Å²) in [4.78, 5) is 20.3. The summed E-state index contributed by atoms with van der Waals surface area (Å²) in [5.74, 6) is 0.767. The average molecular weight is 395 g/mol. The molecule has 5 nitrogen and oxygen atoms in total. The van der Waals surface area contributed by atoms with Crippen LogP contribution in [0.2, 0.25) is 0 Å². The highest BCUT2D eigenvalue weighted by Crippen LogP contribution is 2.22. The molecule has 0 saturated carbocycles. The van der Waals surface area contributed by atoms with Gasteiger partial charge in [-0.2, -0.15) is 0 Å². The number of piperazine rings is 1. The average Bonchev–Trinajstić information content (AvgIpc) is 2.75. The lowest BCUT2D eigenvalue weighted by Gasteiger charge is -2.40. The Kier molecular flexibility index (Phi) is 6.48. The Balaban J connectivity index is 1.32. The lowest BCUT2D eigenvalue weighted by Crippen LogP contribution is -2.51. The van der Waals surface area contributed by atoms with Crippen molar-refractivity contribution in [2.75, 3.05) is 58.2 Å². The van der Waals surface area contributed by atoms with E-state index in [1.165, 1.54) is 51.0 Å². The lowest BCUT2D eigenvalue weighted by atomic mass is 9.95. The molecule has 0 aromatic heterocycles. The van der Waals surface area contributed by atoms with Crippen molar-refractivity contribution in [1.82, 2.24) is 14.7 Å². The predicted octanol–water partition coefficient (Wildman–Crippen LogP) is 3.13. The van der Waals surface area contributed by atoms with Gasteiger partial charge in [0.1, 0.15) is 0 Å². The lowest BCUT2D eigenvalue weighted by molar-refractivity contribution is -0.121. The molecule has 2 heterocycles. The molecule has 0 spiro atoms. The first kappa shape index (κ1) is 20.3. The summed E-state index contributed by atoms with van der Waals surface area (Å²) in [6.07, 6.45) is 2.47. The molecule has 2 atom stereocenters. The zero-order valence-electron chi connectivity index (χ0n) is 17.8. The van der Waals surface area contributed by atoms with E-state index < -0.39 is 0 Å². The Morgan fingerprint density at radius 3 is 2.62 bits per heavy atom. The molecule has 4 rings (SSSR count). The predicted molar refractivity (Wildman–Crippen MR) is 120 cm³/mol. The van der Waals surface area contributed by atoms with Crippen LogP contribution in [0.5, 0.6) is 0 Å². The molecule has 2 aromatic carbocycles. The number of nitrogens with one attached hydrogen (secondary N) is 1. The molecule has 2 saturated heterocycles. The fourth-order valence-electron chi connectivity index (χ4n) is 4.67. The van der Waals surface area contributed by atoms with E-state index in [9.17, 15) is 4.79 Å². The second kappa shape index (κ2) is 9.24. The number of likely N-dealkylation sites (tertiary alicyclic amines) is 1. The number of hydrogen-bond acceptors (Lipinski definition) is 4. The van der Waals surface area contributed by atoms with E-state index in [1.807, 2.05) is 18.2 Å². The van der Waals surface area contributed by atoms with Crippen LogP contribution in [0.15, 0.2) is 42.5 Å². The van der Waals surface area contributed by atoms with E-state index in [1.54, 1.807) is 0 Å². The SMILES string of the molecule is C[C@H](C(=O)Nc1ccc2ccccc2c1)N1CCC[C@H](CN2CCN(C)CC2)C1. The van der Waals surface area contributed by atoms with Gasteiger partial charge in [-0.15, -0.1) is 0 Å². The minimum atomic E-state index is -0.100. The highest BCUT2D eigenvalue weighted by molar-refractivity contribution is 5.97. The number of nitrogens with zero attached hydrogens (tertiary/aromatic N) is 3. The van der Waals surface area contributed by atoms with Gasteiger partial charge < -0.3 is 15.1 Å². The molecule has 1 N–H and O–H groups in total. The van der Waals surface area contributed by atoms with Gasteiger partial charge in [-0.05, 0) is 62.2 Å². The maximum atomic E-state index is 12.9. The van der Waals surface area contributed by atoms with Crippen molar-refractivity contribution >= 4 is 22.4 Å². The Morgan fingerprint density at radius 1 is 1.07 bits per heavy atom. The maximum Gasteiger partial charge on any atom is 0.241 e. The first-order valence-corrected chi connectivity index (χ1v) is 11.0. The summed E-state index contributed by atoms with van der Waals surface area (Å²) in [6, 6.07) is 14.3. The van der Waals surface area contributed by atoms with Crippen LogP contribution in [0.25, 0.3) is 10.8 Å². The van der Waals surface area contributed by atoms with Gasteiger partial charge in [-0.3, -0.25) is 9.69 Å². The Bertz CT molecular complexity index is 830. The van der Waals surface area contributed by atoms with Crippen molar-refractivity contribution in [1.29, 1.82) is 0 Å². The normalized spacial score (nSPS) is 23.2. The number of piperidine rings is 1. The Labute approximate surface area is 174 Å². The minimum Gasteiger partial charge on any atom is -0.325 e. The smallest absolute Gasteiger partial charge is 0.241 e. The summed E-state index contributed by atoms with van der Waals surface area (Å²) < 4.78 is 0. The topological polar surface area (TPSA) is 38.8 Å². The molecule has 2 fully saturated rings. The molecule has 0 radical (unpaired) electrons. The maximum absolute atomic E-state index is 12.9. The van der Waals surface area contributed by atoms with E-state index in [4.69, 9.17) is 0 Å². The van der Waals surface area contributed by atoms with Gasteiger partial charge in [0.05, 0.1) is 6.04 Å². The van der Waals surface area contributed by atoms with Crippen molar-refractivity contribution < 1.29 is 4.79 Å². The van der Waals surface area contributed by atoms with Crippen LogP contribution < -0.4 is 5.32 Å². The van der Waals surface area contributed by atoms with E-state index in [0.717, 1.165) is 24.2 Å². The molecule has 0 bridgehead atoms. The third-order valence-electron chi connectivity index (χ3n) is 6.61. The monoisotopic (exact) mass is 394 g/mol. The summed E-state index contributed by atoms with van der Waals surface area (Å²) in [6.45, 7) is 9.94. The van der Waals surface area contributed by atoms with Gasteiger partial charge in [0.15, 0.2) is 0 Å². The Morgan fingerprint density at radius 2 is 1.83 bits per heavy atom. The number of benzene rings is 2. The van der Waals surface area contributed by atoms with Crippen LogP contribution in [0, 0.1) is 5.92 Å². The van der Waals surface area contributed by atoms with Gasteiger partial charge in [-0.1, -0.05) is 30.3 Å². The number of carbonyl (C=O) groups excluding carboxylic acids is 1. The molecule has 2 aliphatic heterocycles. The van der Waals surface area contributed by atoms with Crippen molar-refractivity contribution in [3.8, 4) is 0 Å². The standard InChI is InChI=1S/C24H34N4O/c1-19(24(29)25-23-10-9-21-7-3-4-8-22(21)16-23)28-11-5-6-20(18-28)17-27-14-12-26(2)13-15-27/h3-4,7-10,16,19-20H,5-6,11-15,17-18H2,1-2H3,(H,25,29)/t19-,20-/m1/s1. The zero-order chi connectivity index (χ0) is 20.2. The van der Waals surface area contributed by atoms with Crippen LogP contribution in [-0.2, 0) is 4.79 Å². The highest BCUT2D eigenvalue weighted by Gasteiger charge is 2.29. The first-order valence-electron chi connectivity index (χ1n) is 11.0. The molecule has 0 aliphatic carbocycles. The number of carbonyl (C=O) groups is 1. The van der Waals surface area contributed by atoms with Crippen molar-refractivity contribution in [3.05, 3.63) is 42.5 Å². The minimum absolute atomic E-state index is 0.0977. The molecule has 2 aromatic rings. The molecule has 2 aliphatic rings. The van der Waals surface area contributed by atoms with Crippen LogP contribution in [0.3, 0.4) is 0 Å². The molecule has 1 amide bonds. The number of amides is 1. The van der Waals surface area contributed by atoms with Gasteiger partial charge in [-0.25, -0.2) is 0 Å². The summed E-state index contributed by atoms with van der Waals surface area (Å²) >= 11 is 0. The number of likely N-dealkylation sites (N-methyl/N-ethyl adjacent to an activating group) is 1. The third kappa shape index (κ3) is 5.16. The molecular formula is C24H34N4O. The number of anilines is 1. The van der Waals surface area contributed by atoms with E-state index in [-0.39, 0.29) is 11.9 Å². The number of fused-ring (bicyclic) bond motifs is 1. The van der Waals surface area contributed by atoms with Crippen LogP contribution in [0.4, 0.5) is 5.69 Å². The third-order valence-corrected chi connectivity index (χ3v) is 6.61. The molecule has 5 heteroatoms. The van der Waals surface area contributed by atoms with Crippen LogP contribution in [0.1, 0.15) is 19.8 Å². The molecule has 29 heavy (non-hydrogen) atoms. The zero-order valence-corrected chi connectivity index (χ0v) is 17.8. The summed E-state index contributed by atoms with van der Waals surface area (Å²) in [5.41, 5.74) is 0.881. The summed E-state index contributed by atoms with van der Waals surface area (Å²) in [7, 11) is 2.20.